The van der Waals surface area contributed by atoms with E-state index in [1.165, 1.54) is 12.1 Å². The largest absolute Gasteiger partial charge is 0.389 e. The molecule has 0 bridgehead atoms. The predicted octanol–water partition coefficient (Wildman–Crippen LogP) is 2.25. The van der Waals surface area contributed by atoms with E-state index in [-0.39, 0.29) is 20.8 Å². The lowest BCUT2D eigenvalue weighted by molar-refractivity contribution is 0.562. The molecule has 3 N–H and O–H groups in total. The highest BCUT2D eigenvalue weighted by Crippen LogP contribution is 2.22. The van der Waals surface area contributed by atoms with Crippen LogP contribution in [0.3, 0.4) is 0 Å². The zero-order valence-electron chi connectivity index (χ0n) is 11.2. The van der Waals surface area contributed by atoms with E-state index in [1.54, 1.807) is 17.8 Å². The number of hydrogen-bond donors (Lipinski definition) is 2. The maximum atomic E-state index is 12.2. The highest BCUT2D eigenvalue weighted by Gasteiger charge is 2.19. The number of sulfonamides is 1. The molecule has 1 unspecified atom stereocenters. The number of rotatable bonds is 7. The third-order valence-electron chi connectivity index (χ3n) is 2.58. The van der Waals surface area contributed by atoms with Gasteiger partial charge in [0.2, 0.25) is 10.0 Å². The average Bonchev–Trinajstić information content (AvgIpc) is 2.36. The molecule has 112 valence electrons. The lowest BCUT2D eigenvalue weighted by atomic mass is 10.2. The van der Waals surface area contributed by atoms with Crippen LogP contribution in [-0.2, 0) is 10.0 Å². The smallest absolute Gasteiger partial charge is 0.242 e. The minimum atomic E-state index is -3.62. The van der Waals surface area contributed by atoms with Crippen molar-refractivity contribution < 1.29 is 8.42 Å². The van der Waals surface area contributed by atoms with Gasteiger partial charge in [0.25, 0.3) is 0 Å². The van der Waals surface area contributed by atoms with Crippen molar-refractivity contribution in [1.82, 2.24) is 4.72 Å². The zero-order valence-corrected chi connectivity index (χ0v) is 14.4. The van der Waals surface area contributed by atoms with E-state index >= 15 is 0 Å². The quantitative estimate of drug-likeness (QED) is 0.736. The van der Waals surface area contributed by atoms with Gasteiger partial charge in [-0.05, 0) is 30.1 Å². The number of thioether (sulfide) groups is 1. The second-order valence-electron chi connectivity index (χ2n) is 4.42. The standard InChI is InChI=1S/C12H17ClN2O2S3/c1-8(7-19-2)6-15-20(16,17)11-4-3-9(12(14)18)5-10(11)13/h3-5,8,15H,6-7H2,1-2H3,(H2,14,18). The maximum absolute atomic E-state index is 12.2. The second-order valence-corrected chi connectivity index (χ2v) is 7.91. The normalized spacial score (nSPS) is 13.2. The first kappa shape index (κ1) is 17.7. The van der Waals surface area contributed by atoms with E-state index in [9.17, 15) is 8.42 Å². The van der Waals surface area contributed by atoms with Gasteiger partial charge in [-0.1, -0.05) is 36.8 Å². The summed E-state index contributed by atoms with van der Waals surface area (Å²) >= 11 is 12.5. The summed E-state index contributed by atoms with van der Waals surface area (Å²) in [7, 11) is -3.62. The molecule has 0 spiro atoms. The SMILES string of the molecule is CSCC(C)CNS(=O)(=O)c1ccc(C(N)=S)cc1Cl. The van der Waals surface area contributed by atoms with Gasteiger partial charge < -0.3 is 5.73 Å². The third kappa shape index (κ3) is 4.89. The predicted molar refractivity (Wildman–Crippen MR) is 90.1 cm³/mol. The van der Waals surface area contributed by atoms with Crippen molar-refractivity contribution in [2.45, 2.75) is 11.8 Å². The summed E-state index contributed by atoms with van der Waals surface area (Å²) in [6.45, 7) is 2.35. The topological polar surface area (TPSA) is 72.2 Å². The second kappa shape index (κ2) is 7.61. The molecule has 0 heterocycles. The summed E-state index contributed by atoms with van der Waals surface area (Å²) in [5.41, 5.74) is 6.02. The molecule has 1 rings (SSSR count). The van der Waals surface area contributed by atoms with Crippen LogP contribution in [0.1, 0.15) is 12.5 Å². The van der Waals surface area contributed by atoms with Crippen LogP contribution in [-0.4, -0.2) is 32.0 Å². The minimum absolute atomic E-state index is 0.0375. The van der Waals surface area contributed by atoms with Gasteiger partial charge in [0, 0.05) is 12.1 Å². The van der Waals surface area contributed by atoms with Gasteiger partial charge in [-0.15, -0.1) is 0 Å². The minimum Gasteiger partial charge on any atom is -0.389 e. The third-order valence-corrected chi connectivity index (χ3v) is 5.62. The Labute approximate surface area is 134 Å². The Morgan fingerprint density at radius 3 is 2.70 bits per heavy atom. The molecule has 1 aromatic rings. The number of hydrogen-bond acceptors (Lipinski definition) is 4. The van der Waals surface area contributed by atoms with E-state index < -0.39 is 10.0 Å². The fourth-order valence-corrected chi connectivity index (χ4v) is 4.07. The highest BCUT2D eigenvalue weighted by atomic mass is 35.5. The lowest BCUT2D eigenvalue weighted by Gasteiger charge is -2.13. The van der Waals surface area contributed by atoms with Crippen molar-refractivity contribution in [3.05, 3.63) is 28.8 Å². The Kier molecular flexibility index (Phi) is 6.74. The molecule has 1 atom stereocenters. The molecule has 0 aliphatic heterocycles. The first-order valence-corrected chi connectivity index (χ1v) is 9.52. The van der Waals surface area contributed by atoms with Crippen molar-refractivity contribution in [2.75, 3.05) is 18.6 Å². The van der Waals surface area contributed by atoms with Crippen LogP contribution in [0.25, 0.3) is 0 Å². The fraction of sp³-hybridized carbons (Fsp3) is 0.417. The summed E-state index contributed by atoms with van der Waals surface area (Å²) in [6, 6.07) is 4.43. The Hall–Kier alpha value is -0.340. The van der Waals surface area contributed by atoms with Crippen molar-refractivity contribution in [3.8, 4) is 0 Å². The van der Waals surface area contributed by atoms with E-state index in [2.05, 4.69) is 4.72 Å². The van der Waals surface area contributed by atoms with E-state index in [0.29, 0.717) is 12.1 Å². The van der Waals surface area contributed by atoms with Gasteiger partial charge in [-0.3, -0.25) is 0 Å². The molecule has 0 aromatic heterocycles. The molecule has 0 saturated heterocycles. The summed E-state index contributed by atoms with van der Waals surface area (Å²) < 4.78 is 26.9. The Morgan fingerprint density at radius 1 is 1.55 bits per heavy atom. The highest BCUT2D eigenvalue weighted by molar-refractivity contribution is 7.98. The van der Waals surface area contributed by atoms with E-state index in [4.69, 9.17) is 29.6 Å². The van der Waals surface area contributed by atoms with Gasteiger partial charge in [-0.2, -0.15) is 11.8 Å². The number of nitrogens with one attached hydrogen (secondary N) is 1. The molecular formula is C12H17ClN2O2S3. The van der Waals surface area contributed by atoms with Crippen LogP contribution in [0.15, 0.2) is 23.1 Å². The van der Waals surface area contributed by atoms with Crippen LogP contribution in [0.2, 0.25) is 5.02 Å². The molecule has 4 nitrogen and oxygen atoms in total. The molecule has 0 saturated carbocycles. The first-order chi connectivity index (χ1) is 9.27. The monoisotopic (exact) mass is 352 g/mol. The molecule has 1 aromatic carbocycles. The van der Waals surface area contributed by atoms with Gasteiger partial charge >= 0.3 is 0 Å². The Morgan fingerprint density at radius 2 is 2.20 bits per heavy atom. The van der Waals surface area contributed by atoms with Crippen molar-refractivity contribution >= 4 is 50.6 Å². The van der Waals surface area contributed by atoms with Gasteiger partial charge in [0.1, 0.15) is 9.88 Å². The summed E-state index contributed by atoms with van der Waals surface area (Å²) in [6.07, 6.45) is 1.98. The molecule has 0 aliphatic rings. The Balaban J connectivity index is 2.90. The van der Waals surface area contributed by atoms with Crippen LogP contribution in [0.4, 0.5) is 0 Å². The molecule has 20 heavy (non-hydrogen) atoms. The van der Waals surface area contributed by atoms with Crippen LogP contribution < -0.4 is 10.5 Å². The molecule has 0 aliphatic carbocycles. The molecule has 0 fully saturated rings. The lowest BCUT2D eigenvalue weighted by Crippen LogP contribution is -2.29. The maximum Gasteiger partial charge on any atom is 0.242 e. The summed E-state index contributed by atoms with van der Waals surface area (Å²) in [5, 5.41) is 0.111. The van der Waals surface area contributed by atoms with Crippen LogP contribution >= 0.6 is 35.6 Å². The van der Waals surface area contributed by atoms with Gasteiger partial charge in [0.05, 0.1) is 5.02 Å². The molecule has 0 radical (unpaired) electrons. The van der Waals surface area contributed by atoms with Crippen molar-refractivity contribution in [3.63, 3.8) is 0 Å². The number of halogens is 1. The fourth-order valence-electron chi connectivity index (χ4n) is 1.55. The van der Waals surface area contributed by atoms with E-state index in [1.807, 2.05) is 13.2 Å². The van der Waals surface area contributed by atoms with E-state index in [0.717, 1.165) is 5.75 Å². The number of benzene rings is 1. The molecule has 0 amide bonds. The number of nitrogens with two attached hydrogens (primary N) is 1. The van der Waals surface area contributed by atoms with Crippen molar-refractivity contribution in [1.29, 1.82) is 0 Å². The molecule has 8 heteroatoms. The summed E-state index contributed by atoms with van der Waals surface area (Å²) in [4.78, 5) is 0.216. The van der Waals surface area contributed by atoms with Crippen molar-refractivity contribution in [2.24, 2.45) is 11.7 Å². The zero-order chi connectivity index (χ0) is 15.3. The molecular weight excluding hydrogens is 336 g/mol. The first-order valence-electron chi connectivity index (χ1n) is 5.86. The van der Waals surface area contributed by atoms with Gasteiger partial charge in [0.15, 0.2) is 0 Å². The van der Waals surface area contributed by atoms with Gasteiger partial charge in [-0.25, -0.2) is 13.1 Å². The summed E-state index contributed by atoms with van der Waals surface area (Å²) in [5.74, 6) is 1.13. The average molecular weight is 353 g/mol. The van der Waals surface area contributed by atoms with Crippen LogP contribution in [0.5, 0.6) is 0 Å². The Bertz CT molecular complexity index is 590. The number of thiocarbonyl (C=S) groups is 1. The van der Waals surface area contributed by atoms with Crippen LogP contribution in [0, 0.1) is 5.92 Å².